The molecule has 0 aromatic heterocycles. The van der Waals surface area contributed by atoms with Crippen molar-refractivity contribution in [2.75, 3.05) is 19.8 Å². The SMILES string of the molecule is NC(=O)C12CCOc3cc(F)c(C#CC4(O)CCOC4)cc3C1=CN=N2. The fourth-order valence-electron chi connectivity index (χ4n) is 3.25. The van der Waals surface area contributed by atoms with Crippen molar-refractivity contribution in [1.29, 1.82) is 0 Å². The number of aliphatic hydroxyl groups is 1. The van der Waals surface area contributed by atoms with Crippen LogP contribution in [0.2, 0.25) is 0 Å². The molecular formula is C18H16FN3O4. The molecule has 0 spiro atoms. The van der Waals surface area contributed by atoms with Gasteiger partial charge in [0.1, 0.15) is 11.6 Å². The number of halogens is 1. The molecule has 1 amide bonds. The van der Waals surface area contributed by atoms with Crippen molar-refractivity contribution in [2.24, 2.45) is 16.0 Å². The number of rotatable bonds is 1. The predicted octanol–water partition coefficient (Wildman–Crippen LogP) is 1.14. The summed E-state index contributed by atoms with van der Waals surface area (Å²) in [5.41, 5.74) is 3.95. The highest BCUT2D eigenvalue weighted by atomic mass is 19.1. The molecule has 8 heteroatoms. The van der Waals surface area contributed by atoms with Crippen LogP contribution < -0.4 is 10.5 Å². The first-order valence-electron chi connectivity index (χ1n) is 8.16. The molecular weight excluding hydrogens is 341 g/mol. The third-order valence-corrected chi connectivity index (χ3v) is 4.78. The maximum absolute atomic E-state index is 14.5. The van der Waals surface area contributed by atoms with E-state index in [9.17, 15) is 14.3 Å². The summed E-state index contributed by atoms with van der Waals surface area (Å²) in [6.45, 7) is 0.639. The summed E-state index contributed by atoms with van der Waals surface area (Å²) < 4.78 is 25.2. The molecule has 7 nitrogen and oxygen atoms in total. The zero-order valence-corrected chi connectivity index (χ0v) is 13.8. The van der Waals surface area contributed by atoms with Crippen LogP contribution in [0.25, 0.3) is 5.57 Å². The zero-order valence-electron chi connectivity index (χ0n) is 13.8. The molecule has 2 atom stereocenters. The summed E-state index contributed by atoms with van der Waals surface area (Å²) >= 11 is 0. The van der Waals surface area contributed by atoms with Crippen LogP contribution in [0.1, 0.15) is 24.0 Å². The van der Waals surface area contributed by atoms with E-state index in [0.717, 1.165) is 0 Å². The van der Waals surface area contributed by atoms with Gasteiger partial charge < -0.3 is 20.3 Å². The van der Waals surface area contributed by atoms with Gasteiger partial charge in [0, 0.05) is 30.0 Å². The highest BCUT2D eigenvalue weighted by Crippen LogP contribution is 2.44. The van der Waals surface area contributed by atoms with Crippen molar-refractivity contribution in [3.05, 3.63) is 35.3 Å². The maximum Gasteiger partial charge on any atom is 0.252 e. The van der Waals surface area contributed by atoms with Gasteiger partial charge in [-0.25, -0.2) is 4.39 Å². The predicted molar refractivity (Wildman–Crippen MR) is 88.5 cm³/mol. The lowest BCUT2D eigenvalue weighted by Gasteiger charge is -2.21. The molecule has 4 rings (SSSR count). The van der Waals surface area contributed by atoms with Crippen LogP contribution in [0.15, 0.2) is 28.6 Å². The lowest BCUT2D eigenvalue weighted by atomic mass is 9.83. The Morgan fingerprint density at radius 2 is 2.19 bits per heavy atom. The van der Waals surface area contributed by atoms with Gasteiger partial charge in [-0.15, -0.1) is 0 Å². The first kappa shape index (κ1) is 16.7. The molecule has 0 saturated carbocycles. The van der Waals surface area contributed by atoms with Crippen LogP contribution in [0.5, 0.6) is 5.75 Å². The van der Waals surface area contributed by atoms with Crippen LogP contribution in [-0.4, -0.2) is 42.0 Å². The summed E-state index contributed by atoms with van der Waals surface area (Å²) in [5, 5.41) is 18.1. The van der Waals surface area contributed by atoms with Gasteiger partial charge >= 0.3 is 0 Å². The monoisotopic (exact) mass is 357 g/mol. The molecule has 134 valence electrons. The fourth-order valence-corrected chi connectivity index (χ4v) is 3.25. The molecule has 0 bridgehead atoms. The van der Waals surface area contributed by atoms with E-state index >= 15 is 0 Å². The molecule has 1 saturated heterocycles. The number of hydrogen-bond acceptors (Lipinski definition) is 6. The molecule has 3 aliphatic rings. The van der Waals surface area contributed by atoms with E-state index in [4.69, 9.17) is 15.2 Å². The van der Waals surface area contributed by atoms with Crippen LogP contribution >= 0.6 is 0 Å². The number of amides is 1. The highest BCUT2D eigenvalue weighted by molar-refractivity contribution is 6.02. The van der Waals surface area contributed by atoms with Gasteiger partial charge in [-0.3, -0.25) is 4.79 Å². The number of primary amides is 1. The third kappa shape index (κ3) is 2.57. The zero-order chi connectivity index (χ0) is 18.4. The van der Waals surface area contributed by atoms with Crippen molar-refractivity contribution >= 4 is 11.5 Å². The molecule has 1 fully saturated rings. The lowest BCUT2D eigenvalue weighted by molar-refractivity contribution is -0.121. The second kappa shape index (κ2) is 5.90. The number of nitrogens with zero attached hydrogens (tertiary/aromatic N) is 2. The summed E-state index contributed by atoms with van der Waals surface area (Å²) in [6, 6.07) is 2.69. The highest BCUT2D eigenvalue weighted by Gasteiger charge is 2.46. The van der Waals surface area contributed by atoms with Gasteiger partial charge in [-0.05, 0) is 6.07 Å². The van der Waals surface area contributed by atoms with Crippen LogP contribution in [0, 0.1) is 17.7 Å². The molecule has 1 aromatic carbocycles. The number of carbonyl (C=O) groups is 1. The normalized spacial score (nSPS) is 28.9. The third-order valence-electron chi connectivity index (χ3n) is 4.78. The summed E-state index contributed by atoms with van der Waals surface area (Å²) in [5.74, 6) is 4.39. The molecule has 1 aromatic rings. The first-order chi connectivity index (χ1) is 12.4. The fraction of sp³-hybridized carbons (Fsp3) is 0.389. The molecule has 3 aliphatic heterocycles. The largest absolute Gasteiger partial charge is 0.493 e. The summed E-state index contributed by atoms with van der Waals surface area (Å²) in [6.07, 6.45) is 2.02. The Balaban J connectivity index is 1.79. The topological polar surface area (TPSA) is 107 Å². The van der Waals surface area contributed by atoms with E-state index in [0.29, 0.717) is 24.2 Å². The Morgan fingerprint density at radius 1 is 1.35 bits per heavy atom. The van der Waals surface area contributed by atoms with E-state index in [1.54, 1.807) is 0 Å². The molecule has 2 unspecified atom stereocenters. The minimum atomic E-state index is -1.31. The van der Waals surface area contributed by atoms with Crippen molar-refractivity contribution in [1.82, 2.24) is 0 Å². The van der Waals surface area contributed by atoms with Gasteiger partial charge in [0.2, 0.25) is 0 Å². The quantitative estimate of drug-likeness (QED) is 0.735. The minimum Gasteiger partial charge on any atom is -0.493 e. The average molecular weight is 357 g/mol. The lowest BCUT2D eigenvalue weighted by Crippen LogP contribution is -2.42. The van der Waals surface area contributed by atoms with Crippen molar-refractivity contribution < 1.29 is 23.8 Å². The molecule has 3 heterocycles. The van der Waals surface area contributed by atoms with E-state index in [1.165, 1.54) is 18.3 Å². The van der Waals surface area contributed by atoms with E-state index in [1.807, 2.05) is 0 Å². The molecule has 0 radical (unpaired) electrons. The number of nitrogens with two attached hydrogens (primary N) is 1. The Labute approximate surface area is 148 Å². The van der Waals surface area contributed by atoms with E-state index in [2.05, 4.69) is 22.1 Å². The van der Waals surface area contributed by atoms with Crippen LogP contribution in [0.4, 0.5) is 4.39 Å². The number of ether oxygens (including phenoxy) is 2. The van der Waals surface area contributed by atoms with Gasteiger partial charge in [0.05, 0.1) is 31.6 Å². The molecule has 0 aliphatic carbocycles. The van der Waals surface area contributed by atoms with Crippen LogP contribution in [-0.2, 0) is 9.53 Å². The smallest absolute Gasteiger partial charge is 0.252 e. The number of benzene rings is 1. The van der Waals surface area contributed by atoms with Crippen molar-refractivity contribution in [3.8, 4) is 17.6 Å². The number of hydrogen-bond donors (Lipinski definition) is 2. The average Bonchev–Trinajstić information content (AvgIpc) is 3.19. The number of azo groups is 1. The first-order valence-corrected chi connectivity index (χ1v) is 8.16. The van der Waals surface area contributed by atoms with Crippen molar-refractivity contribution in [3.63, 3.8) is 0 Å². The number of carbonyl (C=O) groups excluding carboxylic acids is 1. The molecule has 26 heavy (non-hydrogen) atoms. The van der Waals surface area contributed by atoms with E-state index < -0.39 is 22.9 Å². The van der Waals surface area contributed by atoms with Gasteiger partial charge in [0.25, 0.3) is 5.91 Å². The Morgan fingerprint density at radius 3 is 2.92 bits per heavy atom. The van der Waals surface area contributed by atoms with E-state index in [-0.39, 0.29) is 30.9 Å². The Kier molecular flexibility index (Phi) is 3.79. The van der Waals surface area contributed by atoms with Gasteiger partial charge in [0.15, 0.2) is 11.1 Å². The van der Waals surface area contributed by atoms with Crippen molar-refractivity contribution in [2.45, 2.75) is 24.0 Å². The summed E-state index contributed by atoms with van der Waals surface area (Å²) in [4.78, 5) is 12.0. The maximum atomic E-state index is 14.5. The second-order valence-corrected chi connectivity index (χ2v) is 6.49. The number of fused-ring (bicyclic) bond motifs is 3. The molecule has 3 N–H and O–H groups in total. The van der Waals surface area contributed by atoms with Gasteiger partial charge in [-0.1, -0.05) is 11.8 Å². The second-order valence-electron chi connectivity index (χ2n) is 6.49. The minimum absolute atomic E-state index is 0.0701. The van der Waals surface area contributed by atoms with Crippen LogP contribution in [0.3, 0.4) is 0 Å². The summed E-state index contributed by atoms with van der Waals surface area (Å²) in [7, 11) is 0. The Bertz CT molecular complexity index is 909. The standard InChI is InChI=1S/C18H16FN3O4/c19-14-8-15-12(7-11(14)1-2-17(24)3-5-25-10-17)13-9-21-22-18(13,16(20)23)4-6-26-15/h7-9,24H,3-6,10H2,(H2,20,23). The Hall–Kier alpha value is -2.76. The van der Waals surface area contributed by atoms with Gasteiger partial charge in [-0.2, -0.15) is 10.2 Å².